The van der Waals surface area contributed by atoms with E-state index in [9.17, 15) is 4.79 Å². The molecule has 0 bridgehead atoms. The van der Waals surface area contributed by atoms with E-state index in [0.29, 0.717) is 23.3 Å². The third-order valence-corrected chi connectivity index (χ3v) is 5.58. The zero-order valence-corrected chi connectivity index (χ0v) is 17.4. The third kappa shape index (κ3) is 4.34. The van der Waals surface area contributed by atoms with Crippen LogP contribution < -0.4 is 10.6 Å². The van der Waals surface area contributed by atoms with Crippen molar-refractivity contribution in [2.24, 2.45) is 0 Å². The number of rotatable bonds is 5. The number of benzene rings is 1. The standard InChI is InChI=1S/C21H25ClN6O/c1-3-19(29)26-15-7-9-16(10-8-15)27-20-18-12-23-28(21(18)25-13(2)24-20)17-6-4-5-14(22)11-17/h4-6,11-12,15-16H,3,7-10H2,1-2H3,(H,26,29)(H,24,25,27). The number of nitrogens with zero attached hydrogens (tertiary/aromatic N) is 4. The van der Waals surface area contributed by atoms with Gasteiger partial charge < -0.3 is 10.6 Å². The zero-order valence-electron chi connectivity index (χ0n) is 16.7. The number of hydrogen-bond acceptors (Lipinski definition) is 5. The topological polar surface area (TPSA) is 84.7 Å². The number of fused-ring (bicyclic) bond motifs is 1. The van der Waals surface area contributed by atoms with E-state index in [1.807, 2.05) is 38.1 Å². The molecule has 0 radical (unpaired) electrons. The van der Waals surface area contributed by atoms with Crippen LogP contribution in [0.5, 0.6) is 0 Å². The largest absolute Gasteiger partial charge is 0.367 e. The third-order valence-electron chi connectivity index (χ3n) is 5.35. The predicted octanol–water partition coefficient (Wildman–Crippen LogP) is 4.03. The molecule has 1 saturated carbocycles. The maximum absolute atomic E-state index is 11.6. The Morgan fingerprint density at radius 1 is 1.21 bits per heavy atom. The summed E-state index contributed by atoms with van der Waals surface area (Å²) >= 11 is 6.14. The highest BCUT2D eigenvalue weighted by Crippen LogP contribution is 2.27. The van der Waals surface area contributed by atoms with Gasteiger partial charge in [0, 0.05) is 23.5 Å². The van der Waals surface area contributed by atoms with Crippen molar-refractivity contribution < 1.29 is 4.79 Å². The summed E-state index contributed by atoms with van der Waals surface area (Å²) in [6, 6.07) is 8.14. The van der Waals surface area contributed by atoms with Crippen molar-refractivity contribution in [1.29, 1.82) is 0 Å². The number of halogens is 1. The molecular weight excluding hydrogens is 388 g/mol. The minimum Gasteiger partial charge on any atom is -0.367 e. The number of amides is 1. The van der Waals surface area contributed by atoms with Gasteiger partial charge in [-0.25, -0.2) is 14.6 Å². The molecule has 2 N–H and O–H groups in total. The molecule has 0 saturated heterocycles. The second-order valence-electron chi connectivity index (χ2n) is 7.51. The van der Waals surface area contributed by atoms with Gasteiger partial charge in [0.05, 0.1) is 17.3 Å². The number of hydrogen-bond donors (Lipinski definition) is 2. The number of nitrogens with one attached hydrogen (secondary N) is 2. The first-order valence-corrected chi connectivity index (χ1v) is 10.5. The molecule has 2 aromatic heterocycles. The summed E-state index contributed by atoms with van der Waals surface area (Å²) in [6.45, 7) is 3.77. The van der Waals surface area contributed by atoms with Crippen LogP contribution in [-0.4, -0.2) is 37.7 Å². The van der Waals surface area contributed by atoms with Gasteiger partial charge in [0.25, 0.3) is 0 Å². The monoisotopic (exact) mass is 412 g/mol. The predicted molar refractivity (Wildman–Crippen MR) is 115 cm³/mol. The average molecular weight is 413 g/mol. The molecule has 8 heteroatoms. The van der Waals surface area contributed by atoms with Crippen LogP contribution in [0.15, 0.2) is 30.5 Å². The Bertz CT molecular complexity index is 1030. The highest BCUT2D eigenvalue weighted by molar-refractivity contribution is 6.30. The molecule has 1 aliphatic rings. The lowest BCUT2D eigenvalue weighted by atomic mass is 9.91. The molecule has 1 aliphatic carbocycles. The second kappa shape index (κ2) is 8.37. The lowest BCUT2D eigenvalue weighted by molar-refractivity contribution is -0.121. The first-order chi connectivity index (χ1) is 14.0. The highest BCUT2D eigenvalue weighted by Gasteiger charge is 2.23. The SMILES string of the molecule is CCC(=O)NC1CCC(Nc2nc(C)nc3c2cnn3-c2cccc(Cl)c2)CC1. The van der Waals surface area contributed by atoms with Gasteiger partial charge in [0.15, 0.2) is 5.65 Å². The quantitative estimate of drug-likeness (QED) is 0.660. The van der Waals surface area contributed by atoms with Gasteiger partial charge in [-0.15, -0.1) is 0 Å². The van der Waals surface area contributed by atoms with Crippen molar-refractivity contribution in [3.63, 3.8) is 0 Å². The Labute approximate surface area is 174 Å². The molecule has 2 heterocycles. The molecule has 1 fully saturated rings. The normalized spacial score (nSPS) is 19.3. The van der Waals surface area contributed by atoms with Crippen molar-refractivity contribution in [1.82, 2.24) is 25.1 Å². The van der Waals surface area contributed by atoms with Crippen LogP contribution in [0.25, 0.3) is 16.7 Å². The van der Waals surface area contributed by atoms with Crippen LogP contribution in [0.1, 0.15) is 44.9 Å². The maximum atomic E-state index is 11.6. The van der Waals surface area contributed by atoms with Crippen LogP contribution >= 0.6 is 11.6 Å². The average Bonchev–Trinajstić information content (AvgIpc) is 3.13. The van der Waals surface area contributed by atoms with Crippen LogP contribution in [-0.2, 0) is 4.79 Å². The molecule has 152 valence electrons. The van der Waals surface area contributed by atoms with Crippen molar-refractivity contribution in [2.45, 2.75) is 58.0 Å². The number of carbonyl (C=O) groups excluding carboxylic acids is 1. The summed E-state index contributed by atoms with van der Waals surface area (Å²) in [5, 5.41) is 12.8. The number of aromatic nitrogens is 4. The van der Waals surface area contributed by atoms with E-state index in [1.165, 1.54) is 0 Å². The van der Waals surface area contributed by atoms with E-state index in [0.717, 1.165) is 48.2 Å². The fourth-order valence-corrected chi connectivity index (χ4v) is 4.01. The van der Waals surface area contributed by atoms with Crippen LogP contribution in [0.2, 0.25) is 5.02 Å². The summed E-state index contributed by atoms with van der Waals surface area (Å²) in [6.07, 6.45) is 6.25. The smallest absolute Gasteiger partial charge is 0.219 e. The lowest BCUT2D eigenvalue weighted by Crippen LogP contribution is -2.39. The maximum Gasteiger partial charge on any atom is 0.219 e. The Balaban J connectivity index is 1.54. The summed E-state index contributed by atoms with van der Waals surface area (Å²) in [5.74, 6) is 1.62. The van der Waals surface area contributed by atoms with Crippen molar-refractivity contribution in [3.8, 4) is 5.69 Å². The fraction of sp³-hybridized carbons (Fsp3) is 0.429. The minimum atomic E-state index is 0.128. The Kier molecular flexibility index (Phi) is 5.67. The van der Waals surface area contributed by atoms with Gasteiger partial charge in [0.1, 0.15) is 11.6 Å². The highest BCUT2D eigenvalue weighted by atomic mass is 35.5. The minimum absolute atomic E-state index is 0.128. The molecule has 0 unspecified atom stereocenters. The molecule has 4 rings (SSSR count). The lowest BCUT2D eigenvalue weighted by Gasteiger charge is -2.30. The van der Waals surface area contributed by atoms with Crippen LogP contribution in [0.3, 0.4) is 0 Å². The van der Waals surface area contributed by atoms with Gasteiger partial charge in [-0.2, -0.15) is 5.10 Å². The van der Waals surface area contributed by atoms with Gasteiger partial charge in [0.2, 0.25) is 5.91 Å². The van der Waals surface area contributed by atoms with E-state index in [-0.39, 0.29) is 11.9 Å². The number of aryl methyl sites for hydroxylation is 1. The first-order valence-electron chi connectivity index (χ1n) is 10.1. The van der Waals surface area contributed by atoms with Gasteiger partial charge in [-0.3, -0.25) is 4.79 Å². The van der Waals surface area contributed by atoms with E-state index in [1.54, 1.807) is 10.9 Å². The summed E-state index contributed by atoms with van der Waals surface area (Å²) in [4.78, 5) is 20.9. The van der Waals surface area contributed by atoms with Gasteiger partial charge in [-0.05, 0) is 50.8 Å². The van der Waals surface area contributed by atoms with Gasteiger partial charge >= 0.3 is 0 Å². The van der Waals surface area contributed by atoms with Crippen molar-refractivity contribution >= 4 is 34.4 Å². The Morgan fingerprint density at radius 3 is 2.69 bits per heavy atom. The van der Waals surface area contributed by atoms with Crippen molar-refractivity contribution in [3.05, 3.63) is 41.3 Å². The van der Waals surface area contributed by atoms with Crippen molar-refractivity contribution in [2.75, 3.05) is 5.32 Å². The molecule has 0 spiro atoms. The number of carbonyl (C=O) groups is 1. The van der Waals surface area contributed by atoms with E-state index in [4.69, 9.17) is 11.6 Å². The molecule has 3 aromatic rings. The number of anilines is 1. The molecule has 0 atom stereocenters. The van der Waals surface area contributed by atoms with Crippen LogP contribution in [0.4, 0.5) is 5.82 Å². The Morgan fingerprint density at radius 2 is 1.97 bits per heavy atom. The molecule has 1 amide bonds. The fourth-order valence-electron chi connectivity index (χ4n) is 3.83. The first kappa shape index (κ1) is 19.6. The summed E-state index contributed by atoms with van der Waals surface area (Å²) in [5.41, 5.74) is 1.62. The molecule has 0 aliphatic heterocycles. The zero-order chi connectivity index (χ0) is 20.4. The summed E-state index contributed by atoms with van der Waals surface area (Å²) < 4.78 is 1.79. The van der Waals surface area contributed by atoms with E-state index < -0.39 is 0 Å². The molecule has 29 heavy (non-hydrogen) atoms. The molecule has 1 aromatic carbocycles. The second-order valence-corrected chi connectivity index (χ2v) is 7.94. The molecular formula is C21H25ClN6O. The Hall–Kier alpha value is -2.67. The van der Waals surface area contributed by atoms with E-state index in [2.05, 4.69) is 25.7 Å². The summed E-state index contributed by atoms with van der Waals surface area (Å²) in [7, 11) is 0. The van der Waals surface area contributed by atoms with Crippen LogP contribution in [0, 0.1) is 6.92 Å². The van der Waals surface area contributed by atoms with E-state index >= 15 is 0 Å². The van der Waals surface area contributed by atoms with Gasteiger partial charge in [-0.1, -0.05) is 24.6 Å². The molecule has 7 nitrogen and oxygen atoms in total.